The number of anilines is 1. The number of aryl methyl sites for hydroxylation is 2. The highest BCUT2D eigenvalue weighted by Gasteiger charge is 2.31. The van der Waals surface area contributed by atoms with Crippen LogP contribution < -0.4 is 14.4 Å². The monoisotopic (exact) mass is 404 g/mol. The van der Waals surface area contributed by atoms with E-state index in [0.29, 0.717) is 11.4 Å². The second-order valence-electron chi connectivity index (χ2n) is 7.00. The number of rotatable bonds is 7. The summed E-state index contributed by atoms with van der Waals surface area (Å²) in [6, 6.07) is 11.7. The summed E-state index contributed by atoms with van der Waals surface area (Å²) >= 11 is 0. The van der Waals surface area contributed by atoms with Gasteiger partial charge in [0, 0.05) is 5.56 Å². The summed E-state index contributed by atoms with van der Waals surface area (Å²) in [6.45, 7) is 7.14. The number of nitrogens with zero attached hydrogens (tertiary/aromatic N) is 1. The molecule has 28 heavy (non-hydrogen) atoms. The zero-order valence-corrected chi connectivity index (χ0v) is 18.0. The van der Waals surface area contributed by atoms with Gasteiger partial charge in [-0.3, -0.25) is 9.10 Å². The van der Waals surface area contributed by atoms with Crippen molar-refractivity contribution in [2.75, 3.05) is 17.7 Å². The van der Waals surface area contributed by atoms with E-state index in [1.54, 1.807) is 20.1 Å². The van der Waals surface area contributed by atoms with Crippen LogP contribution in [0.5, 0.6) is 5.75 Å². The number of carbonyl (C=O) groups excluding carboxylic acids is 1. The Morgan fingerprint density at radius 1 is 1.11 bits per heavy atom. The SMILES string of the molecule is COc1ccccc1[C@H](C)NC(=O)[C@@H](C)N(c1cc(C)ccc1C)S(C)(=O)=O. The van der Waals surface area contributed by atoms with Crippen molar-refractivity contribution in [3.8, 4) is 5.75 Å². The molecule has 0 aliphatic rings. The Morgan fingerprint density at radius 2 is 1.75 bits per heavy atom. The maximum absolute atomic E-state index is 12.9. The van der Waals surface area contributed by atoms with Crippen LogP contribution >= 0.6 is 0 Å². The zero-order valence-electron chi connectivity index (χ0n) is 17.2. The summed E-state index contributed by atoms with van der Waals surface area (Å²) in [5.41, 5.74) is 3.04. The van der Waals surface area contributed by atoms with E-state index in [9.17, 15) is 13.2 Å². The van der Waals surface area contributed by atoms with E-state index in [1.807, 2.05) is 57.2 Å². The van der Waals surface area contributed by atoms with Crippen LogP contribution in [0.2, 0.25) is 0 Å². The zero-order chi connectivity index (χ0) is 21.1. The molecule has 7 heteroatoms. The molecule has 2 aromatic rings. The van der Waals surface area contributed by atoms with Crippen LogP contribution in [0.15, 0.2) is 42.5 Å². The number of benzene rings is 2. The molecule has 152 valence electrons. The molecule has 0 saturated heterocycles. The number of hydrogen-bond acceptors (Lipinski definition) is 4. The van der Waals surface area contributed by atoms with E-state index in [2.05, 4.69) is 5.32 Å². The van der Waals surface area contributed by atoms with Crippen molar-refractivity contribution < 1.29 is 17.9 Å². The summed E-state index contributed by atoms with van der Waals surface area (Å²) in [6.07, 6.45) is 1.11. The largest absolute Gasteiger partial charge is 0.496 e. The molecule has 6 nitrogen and oxygen atoms in total. The smallest absolute Gasteiger partial charge is 0.244 e. The van der Waals surface area contributed by atoms with Gasteiger partial charge in [0.2, 0.25) is 15.9 Å². The third kappa shape index (κ3) is 4.84. The number of amides is 1. The quantitative estimate of drug-likeness (QED) is 0.768. The maximum Gasteiger partial charge on any atom is 0.244 e. The first-order valence-corrected chi connectivity index (χ1v) is 10.9. The molecule has 0 aromatic heterocycles. The fraction of sp³-hybridized carbons (Fsp3) is 0.381. The van der Waals surface area contributed by atoms with E-state index in [4.69, 9.17) is 4.74 Å². The number of carbonyl (C=O) groups is 1. The molecule has 0 heterocycles. The number of para-hydroxylation sites is 1. The second-order valence-corrected chi connectivity index (χ2v) is 8.86. The summed E-state index contributed by atoms with van der Waals surface area (Å²) in [4.78, 5) is 12.9. The highest BCUT2D eigenvalue weighted by molar-refractivity contribution is 7.92. The Labute approximate surface area is 167 Å². The van der Waals surface area contributed by atoms with Gasteiger partial charge in [-0.1, -0.05) is 30.3 Å². The normalized spacial score (nSPS) is 13.5. The molecule has 0 spiro atoms. The maximum atomic E-state index is 12.9. The summed E-state index contributed by atoms with van der Waals surface area (Å²) in [7, 11) is -2.10. The minimum atomic E-state index is -3.67. The molecule has 2 atom stereocenters. The number of ether oxygens (including phenoxy) is 1. The van der Waals surface area contributed by atoms with Gasteiger partial charge >= 0.3 is 0 Å². The van der Waals surface area contributed by atoms with E-state index < -0.39 is 16.1 Å². The van der Waals surface area contributed by atoms with Crippen LogP contribution in [0.25, 0.3) is 0 Å². The molecule has 2 aromatic carbocycles. The molecule has 0 aliphatic heterocycles. The molecule has 1 N–H and O–H groups in total. The van der Waals surface area contributed by atoms with Gasteiger partial charge in [0.05, 0.1) is 25.1 Å². The van der Waals surface area contributed by atoms with Crippen LogP contribution in [0, 0.1) is 13.8 Å². The Morgan fingerprint density at radius 3 is 2.36 bits per heavy atom. The van der Waals surface area contributed by atoms with E-state index >= 15 is 0 Å². The molecule has 0 fully saturated rings. The lowest BCUT2D eigenvalue weighted by Gasteiger charge is -2.30. The molecule has 0 bridgehead atoms. The molecule has 0 radical (unpaired) electrons. The summed E-state index contributed by atoms with van der Waals surface area (Å²) in [5.74, 6) is 0.280. The molecule has 0 saturated carbocycles. The van der Waals surface area contributed by atoms with E-state index in [-0.39, 0.29) is 11.9 Å². The highest BCUT2D eigenvalue weighted by atomic mass is 32.2. The molecular weight excluding hydrogens is 376 g/mol. The van der Waals surface area contributed by atoms with Crippen molar-refractivity contribution in [1.29, 1.82) is 0 Å². The molecule has 0 unspecified atom stereocenters. The van der Waals surface area contributed by atoms with Gasteiger partial charge in [-0.15, -0.1) is 0 Å². The van der Waals surface area contributed by atoms with Crippen LogP contribution in [0.3, 0.4) is 0 Å². The molecular formula is C21H28N2O4S. The predicted octanol–water partition coefficient (Wildman–Crippen LogP) is 3.34. The van der Waals surface area contributed by atoms with Crippen LogP contribution in [0.1, 0.15) is 36.6 Å². The minimum Gasteiger partial charge on any atom is -0.496 e. The van der Waals surface area contributed by atoms with Crippen molar-refractivity contribution in [1.82, 2.24) is 5.32 Å². The van der Waals surface area contributed by atoms with E-state index in [1.165, 1.54) is 4.31 Å². The first kappa shape index (κ1) is 21.8. The topological polar surface area (TPSA) is 75.7 Å². The molecule has 2 rings (SSSR count). The number of nitrogens with one attached hydrogen (secondary N) is 1. The van der Waals surface area contributed by atoms with Crippen molar-refractivity contribution in [2.45, 2.75) is 39.8 Å². The number of methoxy groups -OCH3 is 1. The highest BCUT2D eigenvalue weighted by Crippen LogP contribution is 2.28. The van der Waals surface area contributed by atoms with Crippen molar-refractivity contribution in [2.24, 2.45) is 0 Å². The minimum absolute atomic E-state index is 0.342. The lowest BCUT2D eigenvalue weighted by Crippen LogP contribution is -2.48. The number of hydrogen-bond donors (Lipinski definition) is 1. The lowest BCUT2D eigenvalue weighted by molar-refractivity contribution is -0.122. The van der Waals surface area contributed by atoms with Crippen LogP contribution in [-0.4, -0.2) is 33.7 Å². The molecule has 1 amide bonds. The molecule has 0 aliphatic carbocycles. The third-order valence-corrected chi connectivity index (χ3v) is 5.88. The van der Waals surface area contributed by atoms with Gasteiger partial charge < -0.3 is 10.1 Å². The fourth-order valence-corrected chi connectivity index (χ4v) is 4.40. The van der Waals surface area contributed by atoms with Gasteiger partial charge in [0.1, 0.15) is 11.8 Å². The van der Waals surface area contributed by atoms with Crippen molar-refractivity contribution >= 4 is 21.6 Å². The average Bonchev–Trinajstić information content (AvgIpc) is 2.63. The standard InChI is InChI=1S/C21H28N2O4S/c1-14-11-12-15(2)19(13-14)23(28(6,25)26)17(4)21(24)22-16(3)18-9-7-8-10-20(18)27-5/h7-13,16-17H,1-6H3,(H,22,24)/t16-,17+/m0/s1. The Bertz CT molecular complexity index is 957. The third-order valence-electron chi connectivity index (χ3n) is 4.65. The van der Waals surface area contributed by atoms with Crippen LogP contribution in [-0.2, 0) is 14.8 Å². The van der Waals surface area contributed by atoms with E-state index in [0.717, 1.165) is 22.9 Å². The summed E-state index contributed by atoms with van der Waals surface area (Å²) in [5, 5.41) is 2.90. The second kappa shape index (κ2) is 8.65. The predicted molar refractivity (Wildman–Crippen MR) is 112 cm³/mol. The fourth-order valence-electron chi connectivity index (χ4n) is 3.17. The first-order valence-electron chi connectivity index (χ1n) is 9.06. The summed E-state index contributed by atoms with van der Waals surface area (Å²) < 4.78 is 31.6. The van der Waals surface area contributed by atoms with Gasteiger partial charge in [0.25, 0.3) is 0 Å². The van der Waals surface area contributed by atoms with Gasteiger partial charge in [-0.2, -0.15) is 0 Å². The Kier molecular flexibility index (Phi) is 6.72. The lowest BCUT2D eigenvalue weighted by atomic mass is 10.1. The Hall–Kier alpha value is -2.54. The van der Waals surface area contributed by atoms with Crippen molar-refractivity contribution in [3.05, 3.63) is 59.2 Å². The Balaban J connectivity index is 2.33. The average molecular weight is 405 g/mol. The van der Waals surface area contributed by atoms with Gasteiger partial charge in [-0.25, -0.2) is 8.42 Å². The van der Waals surface area contributed by atoms with Gasteiger partial charge in [-0.05, 0) is 51.0 Å². The van der Waals surface area contributed by atoms with Crippen LogP contribution in [0.4, 0.5) is 5.69 Å². The first-order chi connectivity index (χ1) is 13.1. The van der Waals surface area contributed by atoms with Crippen molar-refractivity contribution in [3.63, 3.8) is 0 Å². The number of sulfonamides is 1. The van der Waals surface area contributed by atoms with Gasteiger partial charge in [0.15, 0.2) is 0 Å².